The van der Waals surface area contributed by atoms with Crippen molar-refractivity contribution in [2.45, 2.75) is 19.9 Å². The fourth-order valence-corrected chi connectivity index (χ4v) is 2.56. The minimum atomic E-state index is -3.23. The molecule has 2 N–H and O–H groups in total. The van der Waals surface area contributed by atoms with Crippen molar-refractivity contribution in [2.75, 3.05) is 15.8 Å². The smallest absolute Gasteiger partial charge is 0.232 e. The van der Waals surface area contributed by atoms with Crippen molar-refractivity contribution in [1.82, 2.24) is 9.78 Å². The van der Waals surface area contributed by atoms with E-state index in [1.165, 1.54) is 0 Å². The average Bonchev–Trinajstić information content (AvgIpc) is 2.84. The molecule has 1 aromatic heterocycles. The van der Waals surface area contributed by atoms with E-state index in [1.807, 2.05) is 32.3 Å². The van der Waals surface area contributed by atoms with E-state index in [4.69, 9.17) is 0 Å². The summed E-state index contributed by atoms with van der Waals surface area (Å²) in [5.41, 5.74) is 2.59. The number of aromatic nitrogens is 2. The Morgan fingerprint density at radius 1 is 1.24 bits per heavy atom. The molecule has 21 heavy (non-hydrogen) atoms. The number of hydrogen-bond donors (Lipinski definition) is 2. The molecule has 0 saturated carbocycles. The van der Waals surface area contributed by atoms with E-state index in [9.17, 15) is 8.42 Å². The molecule has 0 aliphatic heterocycles. The van der Waals surface area contributed by atoms with Gasteiger partial charge in [0.15, 0.2) is 0 Å². The lowest BCUT2D eigenvalue weighted by Crippen LogP contribution is -2.14. The second-order valence-electron chi connectivity index (χ2n) is 4.90. The number of rotatable bonds is 6. The van der Waals surface area contributed by atoms with Crippen molar-refractivity contribution in [3.63, 3.8) is 0 Å². The van der Waals surface area contributed by atoms with Crippen molar-refractivity contribution in [3.05, 3.63) is 42.2 Å². The normalized spacial score (nSPS) is 12.9. The lowest BCUT2D eigenvalue weighted by Gasteiger charge is -2.15. The van der Waals surface area contributed by atoms with Crippen LogP contribution in [0.1, 0.15) is 25.5 Å². The number of hydrogen-bond acceptors (Lipinski definition) is 4. The molecule has 0 fully saturated rings. The zero-order chi connectivity index (χ0) is 15.5. The number of benzene rings is 1. The van der Waals surface area contributed by atoms with E-state index < -0.39 is 10.0 Å². The van der Waals surface area contributed by atoms with Gasteiger partial charge in [-0.1, -0.05) is 12.1 Å². The first-order valence-corrected chi connectivity index (χ1v) is 8.40. The third kappa shape index (κ3) is 4.22. The van der Waals surface area contributed by atoms with Crippen LogP contribution in [0.4, 0.5) is 11.4 Å². The highest BCUT2D eigenvalue weighted by atomic mass is 32.2. The van der Waals surface area contributed by atoms with Crippen molar-refractivity contribution in [2.24, 2.45) is 7.05 Å². The summed E-state index contributed by atoms with van der Waals surface area (Å²) in [6.45, 7) is 3.65. The van der Waals surface area contributed by atoms with Crippen molar-refractivity contribution in [1.29, 1.82) is 0 Å². The van der Waals surface area contributed by atoms with Gasteiger partial charge in [0.05, 0.1) is 17.6 Å². The molecule has 7 heteroatoms. The predicted molar refractivity (Wildman–Crippen MR) is 84.8 cm³/mol. The Balaban J connectivity index is 2.04. The fraction of sp³-hybridized carbons (Fsp3) is 0.357. The maximum atomic E-state index is 11.5. The van der Waals surface area contributed by atoms with Gasteiger partial charge in [-0.15, -0.1) is 0 Å². The second-order valence-corrected chi connectivity index (χ2v) is 6.91. The molecule has 2 rings (SSSR count). The van der Waals surface area contributed by atoms with Crippen LogP contribution in [0.15, 0.2) is 36.7 Å². The van der Waals surface area contributed by atoms with Gasteiger partial charge in [-0.2, -0.15) is 5.10 Å². The molecule has 2 aromatic rings. The zero-order valence-electron chi connectivity index (χ0n) is 12.4. The molecule has 1 atom stereocenters. The monoisotopic (exact) mass is 308 g/mol. The minimum Gasteiger partial charge on any atom is -0.376 e. The summed E-state index contributed by atoms with van der Waals surface area (Å²) in [6, 6.07) is 7.45. The van der Waals surface area contributed by atoms with Crippen LogP contribution in [-0.2, 0) is 17.1 Å². The van der Waals surface area contributed by atoms with Crippen LogP contribution in [-0.4, -0.2) is 24.0 Å². The molecule has 0 bridgehead atoms. The first kappa shape index (κ1) is 15.4. The molecule has 114 valence electrons. The van der Waals surface area contributed by atoms with Crippen molar-refractivity contribution < 1.29 is 8.42 Å². The number of aryl methyl sites for hydroxylation is 1. The molecule has 0 unspecified atom stereocenters. The van der Waals surface area contributed by atoms with Gasteiger partial charge in [-0.3, -0.25) is 9.40 Å². The van der Waals surface area contributed by atoms with Gasteiger partial charge >= 0.3 is 0 Å². The molecule has 1 heterocycles. The summed E-state index contributed by atoms with van der Waals surface area (Å²) in [7, 11) is -1.36. The highest BCUT2D eigenvalue weighted by molar-refractivity contribution is 7.92. The molecule has 0 aliphatic carbocycles. The highest BCUT2D eigenvalue weighted by Gasteiger charge is 2.09. The average molecular weight is 308 g/mol. The molecule has 0 aliphatic rings. The van der Waals surface area contributed by atoms with Crippen molar-refractivity contribution in [3.8, 4) is 0 Å². The van der Waals surface area contributed by atoms with Crippen LogP contribution in [0.2, 0.25) is 0 Å². The van der Waals surface area contributed by atoms with Crippen LogP contribution in [0.5, 0.6) is 0 Å². The first-order valence-electron chi connectivity index (χ1n) is 6.75. The maximum Gasteiger partial charge on any atom is 0.232 e. The van der Waals surface area contributed by atoms with Gasteiger partial charge in [0.25, 0.3) is 0 Å². The molecule has 0 amide bonds. The molecule has 0 spiro atoms. The third-order valence-corrected chi connectivity index (χ3v) is 4.46. The van der Waals surface area contributed by atoms with Crippen LogP contribution in [0, 0.1) is 0 Å². The standard InChI is InChI=1S/C14H20N4O2S/c1-4-21(19,20)17-13-7-5-12(6-8-13)11(2)16-14-9-15-18(3)10-14/h5-11,16-17H,4H2,1-3H3/t11-/m0/s1. The highest BCUT2D eigenvalue weighted by Crippen LogP contribution is 2.20. The van der Waals surface area contributed by atoms with Gasteiger partial charge in [-0.05, 0) is 31.5 Å². The summed E-state index contributed by atoms with van der Waals surface area (Å²) in [5.74, 6) is 0.0632. The van der Waals surface area contributed by atoms with E-state index in [0.717, 1.165) is 11.3 Å². The predicted octanol–water partition coefficient (Wildman–Crippen LogP) is 2.35. The SMILES string of the molecule is CCS(=O)(=O)Nc1ccc([C@H](C)Nc2cnn(C)c2)cc1. The number of anilines is 2. The lowest BCUT2D eigenvalue weighted by molar-refractivity contribution is 0.602. The Bertz CT molecular complexity index is 692. The van der Waals surface area contributed by atoms with Crippen molar-refractivity contribution >= 4 is 21.4 Å². The Morgan fingerprint density at radius 2 is 1.90 bits per heavy atom. The quantitative estimate of drug-likeness (QED) is 0.859. The maximum absolute atomic E-state index is 11.5. The number of nitrogens with one attached hydrogen (secondary N) is 2. The molecule has 0 radical (unpaired) electrons. The largest absolute Gasteiger partial charge is 0.376 e. The molecule has 1 aromatic carbocycles. The van der Waals surface area contributed by atoms with E-state index in [0.29, 0.717) is 5.69 Å². The zero-order valence-corrected chi connectivity index (χ0v) is 13.2. The topological polar surface area (TPSA) is 76.0 Å². The van der Waals surface area contributed by atoms with Gasteiger partial charge in [0.1, 0.15) is 0 Å². The molecular weight excluding hydrogens is 288 g/mol. The summed E-state index contributed by atoms with van der Waals surface area (Å²) >= 11 is 0. The fourth-order valence-electron chi connectivity index (χ4n) is 1.92. The third-order valence-electron chi connectivity index (χ3n) is 3.15. The summed E-state index contributed by atoms with van der Waals surface area (Å²) in [4.78, 5) is 0. The number of nitrogens with zero attached hydrogens (tertiary/aromatic N) is 2. The molecule has 6 nitrogen and oxygen atoms in total. The Hall–Kier alpha value is -2.02. The van der Waals surface area contributed by atoms with E-state index in [1.54, 1.807) is 29.9 Å². The van der Waals surface area contributed by atoms with Crippen LogP contribution < -0.4 is 10.0 Å². The Kier molecular flexibility index (Phi) is 4.52. The Labute approximate surface area is 125 Å². The summed E-state index contributed by atoms with van der Waals surface area (Å²) in [5, 5.41) is 7.44. The summed E-state index contributed by atoms with van der Waals surface area (Å²) in [6.07, 6.45) is 3.67. The van der Waals surface area contributed by atoms with Crippen LogP contribution in [0.3, 0.4) is 0 Å². The van der Waals surface area contributed by atoms with E-state index >= 15 is 0 Å². The molecular formula is C14H20N4O2S. The minimum absolute atomic E-state index is 0.0632. The lowest BCUT2D eigenvalue weighted by atomic mass is 10.1. The van der Waals surface area contributed by atoms with Gasteiger partial charge in [0.2, 0.25) is 10.0 Å². The van der Waals surface area contributed by atoms with E-state index in [-0.39, 0.29) is 11.8 Å². The first-order chi connectivity index (χ1) is 9.89. The molecule has 0 saturated heterocycles. The van der Waals surface area contributed by atoms with Gasteiger partial charge < -0.3 is 5.32 Å². The van der Waals surface area contributed by atoms with Crippen LogP contribution in [0.25, 0.3) is 0 Å². The van der Waals surface area contributed by atoms with Gasteiger partial charge in [0, 0.05) is 25.0 Å². The number of sulfonamides is 1. The summed E-state index contributed by atoms with van der Waals surface area (Å²) < 4.78 is 27.3. The van der Waals surface area contributed by atoms with Crippen LogP contribution >= 0.6 is 0 Å². The van der Waals surface area contributed by atoms with Gasteiger partial charge in [-0.25, -0.2) is 8.42 Å². The Morgan fingerprint density at radius 3 is 2.43 bits per heavy atom. The second kappa shape index (κ2) is 6.17. The van der Waals surface area contributed by atoms with E-state index in [2.05, 4.69) is 15.1 Å².